The molecule has 0 aromatic carbocycles. The van der Waals surface area contributed by atoms with Crippen LogP contribution in [0.3, 0.4) is 0 Å². The predicted molar refractivity (Wildman–Crippen MR) is 59.6 cm³/mol. The van der Waals surface area contributed by atoms with E-state index in [2.05, 4.69) is 0 Å². The lowest BCUT2D eigenvalue weighted by Gasteiger charge is -2.44. The van der Waals surface area contributed by atoms with Crippen LogP contribution in [0.4, 0.5) is 4.79 Å². The molecule has 1 aliphatic rings. The fraction of sp³-hybridized carbons (Fsp3) is 0.909. The van der Waals surface area contributed by atoms with Gasteiger partial charge in [0, 0.05) is 12.6 Å². The number of nitrogens with two attached hydrogens (primary N) is 1. The van der Waals surface area contributed by atoms with Gasteiger partial charge >= 0.3 is 6.09 Å². The summed E-state index contributed by atoms with van der Waals surface area (Å²) in [5, 5.41) is 0. The second kappa shape index (κ2) is 4.39. The number of likely N-dealkylation sites (tertiary alicyclic amines) is 1. The van der Waals surface area contributed by atoms with E-state index in [1.54, 1.807) is 4.90 Å². The summed E-state index contributed by atoms with van der Waals surface area (Å²) in [7, 11) is 0. The van der Waals surface area contributed by atoms with Gasteiger partial charge in [-0.05, 0) is 33.6 Å². The average molecular weight is 214 g/mol. The van der Waals surface area contributed by atoms with Gasteiger partial charge in [-0.2, -0.15) is 0 Å². The smallest absolute Gasteiger partial charge is 0.410 e. The van der Waals surface area contributed by atoms with Gasteiger partial charge in [0.05, 0.1) is 6.04 Å². The summed E-state index contributed by atoms with van der Waals surface area (Å²) in [5.74, 6) is 0. The molecular weight excluding hydrogens is 192 g/mol. The van der Waals surface area contributed by atoms with E-state index in [9.17, 15) is 4.79 Å². The highest BCUT2D eigenvalue weighted by atomic mass is 16.6. The number of amides is 1. The number of carbonyl (C=O) groups excluding carboxylic acids is 1. The second-order valence-corrected chi connectivity index (χ2v) is 5.10. The summed E-state index contributed by atoms with van der Waals surface area (Å²) >= 11 is 0. The van der Waals surface area contributed by atoms with Gasteiger partial charge in [0.1, 0.15) is 5.60 Å². The van der Waals surface area contributed by atoms with Crippen LogP contribution in [0.15, 0.2) is 0 Å². The van der Waals surface area contributed by atoms with Crippen LogP contribution < -0.4 is 5.73 Å². The molecule has 1 fully saturated rings. The van der Waals surface area contributed by atoms with E-state index < -0.39 is 5.60 Å². The van der Waals surface area contributed by atoms with E-state index in [0.717, 1.165) is 19.4 Å². The van der Waals surface area contributed by atoms with E-state index in [4.69, 9.17) is 10.5 Å². The fourth-order valence-electron chi connectivity index (χ4n) is 1.67. The molecule has 1 saturated heterocycles. The van der Waals surface area contributed by atoms with Crippen LogP contribution in [0.2, 0.25) is 0 Å². The van der Waals surface area contributed by atoms with Crippen LogP contribution in [0.5, 0.6) is 0 Å². The molecule has 1 aliphatic heterocycles. The number of hydrogen-bond acceptors (Lipinski definition) is 3. The summed E-state index contributed by atoms with van der Waals surface area (Å²) in [5.41, 5.74) is 5.50. The number of nitrogens with zero attached hydrogens (tertiary/aromatic N) is 1. The molecule has 2 atom stereocenters. The number of rotatable bonds is 2. The molecule has 2 N–H and O–H groups in total. The molecule has 0 spiro atoms. The third-order valence-electron chi connectivity index (χ3n) is 2.66. The minimum absolute atomic E-state index is 0.0752. The molecule has 1 heterocycles. The Labute approximate surface area is 91.8 Å². The van der Waals surface area contributed by atoms with Crippen molar-refractivity contribution in [1.29, 1.82) is 0 Å². The van der Waals surface area contributed by atoms with Crippen LogP contribution in [-0.2, 0) is 4.74 Å². The van der Waals surface area contributed by atoms with Crippen molar-refractivity contribution >= 4 is 6.09 Å². The predicted octanol–water partition coefficient (Wildman–Crippen LogP) is 1.73. The Balaban J connectivity index is 2.48. The van der Waals surface area contributed by atoms with Crippen molar-refractivity contribution in [2.24, 2.45) is 5.73 Å². The molecule has 1 rings (SSSR count). The molecule has 15 heavy (non-hydrogen) atoms. The molecule has 0 bridgehead atoms. The third kappa shape index (κ3) is 3.09. The van der Waals surface area contributed by atoms with Crippen molar-refractivity contribution in [2.45, 2.75) is 58.2 Å². The summed E-state index contributed by atoms with van der Waals surface area (Å²) in [6.07, 6.45) is 1.65. The molecule has 0 aromatic rings. The Hall–Kier alpha value is -0.770. The first-order valence-corrected chi connectivity index (χ1v) is 5.60. The maximum Gasteiger partial charge on any atom is 0.410 e. The first-order chi connectivity index (χ1) is 6.85. The first-order valence-electron chi connectivity index (χ1n) is 5.60. The lowest BCUT2D eigenvalue weighted by molar-refractivity contribution is -0.0103. The van der Waals surface area contributed by atoms with Crippen LogP contribution in [0.25, 0.3) is 0 Å². The highest BCUT2D eigenvalue weighted by Gasteiger charge is 2.37. The molecular formula is C11H22N2O2. The third-order valence-corrected chi connectivity index (χ3v) is 2.66. The van der Waals surface area contributed by atoms with Crippen molar-refractivity contribution in [3.8, 4) is 0 Å². The van der Waals surface area contributed by atoms with E-state index in [0.29, 0.717) is 0 Å². The topological polar surface area (TPSA) is 55.6 Å². The minimum Gasteiger partial charge on any atom is -0.444 e. The van der Waals surface area contributed by atoms with Gasteiger partial charge < -0.3 is 15.4 Å². The Bertz CT molecular complexity index is 235. The maximum absolute atomic E-state index is 11.7. The van der Waals surface area contributed by atoms with Gasteiger partial charge in [0.2, 0.25) is 0 Å². The molecule has 1 amide bonds. The molecule has 0 aliphatic carbocycles. The Morgan fingerprint density at radius 3 is 2.53 bits per heavy atom. The molecule has 2 unspecified atom stereocenters. The number of carbonyl (C=O) groups is 1. The van der Waals surface area contributed by atoms with Gasteiger partial charge in [-0.3, -0.25) is 0 Å². The molecule has 4 heteroatoms. The van der Waals surface area contributed by atoms with E-state index in [1.165, 1.54) is 0 Å². The zero-order valence-electron chi connectivity index (χ0n) is 10.1. The van der Waals surface area contributed by atoms with Gasteiger partial charge in [-0.15, -0.1) is 0 Å². The van der Waals surface area contributed by atoms with Gasteiger partial charge in [-0.25, -0.2) is 4.79 Å². The fourth-order valence-corrected chi connectivity index (χ4v) is 1.67. The van der Waals surface area contributed by atoms with Crippen LogP contribution >= 0.6 is 0 Å². The average Bonchev–Trinajstić information content (AvgIpc) is 1.97. The number of hydrogen-bond donors (Lipinski definition) is 1. The van der Waals surface area contributed by atoms with Crippen molar-refractivity contribution in [3.05, 3.63) is 0 Å². The van der Waals surface area contributed by atoms with Gasteiger partial charge in [-0.1, -0.05) is 6.92 Å². The Kier molecular flexibility index (Phi) is 3.60. The van der Waals surface area contributed by atoms with E-state index in [1.807, 2.05) is 27.7 Å². The highest BCUT2D eigenvalue weighted by Crippen LogP contribution is 2.23. The lowest BCUT2D eigenvalue weighted by atomic mass is 9.94. The largest absolute Gasteiger partial charge is 0.444 e. The summed E-state index contributed by atoms with van der Waals surface area (Å²) in [4.78, 5) is 13.5. The first kappa shape index (κ1) is 12.3. The number of ether oxygens (including phenoxy) is 1. The van der Waals surface area contributed by atoms with Gasteiger partial charge in [0.15, 0.2) is 0 Å². The van der Waals surface area contributed by atoms with Crippen LogP contribution in [0.1, 0.15) is 40.5 Å². The second-order valence-electron chi connectivity index (χ2n) is 5.10. The Morgan fingerprint density at radius 2 is 2.20 bits per heavy atom. The summed E-state index contributed by atoms with van der Waals surface area (Å²) in [6, 6.07) is 0.246. The quantitative estimate of drug-likeness (QED) is 0.761. The molecule has 88 valence electrons. The Morgan fingerprint density at radius 1 is 1.60 bits per heavy atom. The molecule has 0 saturated carbocycles. The summed E-state index contributed by atoms with van der Waals surface area (Å²) in [6.45, 7) is 8.43. The SMILES string of the molecule is CCC(N)C1CCN1C(=O)OC(C)(C)C. The minimum atomic E-state index is -0.423. The van der Waals surface area contributed by atoms with Crippen LogP contribution in [0, 0.1) is 0 Å². The summed E-state index contributed by atoms with van der Waals surface area (Å²) < 4.78 is 5.30. The zero-order chi connectivity index (χ0) is 11.6. The van der Waals surface area contributed by atoms with Crippen molar-refractivity contribution < 1.29 is 9.53 Å². The standard InChI is InChI=1S/C11H22N2O2/c1-5-8(12)9-6-7-13(9)10(14)15-11(2,3)4/h8-9H,5-7,12H2,1-4H3. The van der Waals surface area contributed by atoms with E-state index in [-0.39, 0.29) is 18.2 Å². The van der Waals surface area contributed by atoms with Crippen molar-refractivity contribution in [3.63, 3.8) is 0 Å². The molecule has 4 nitrogen and oxygen atoms in total. The van der Waals surface area contributed by atoms with Crippen molar-refractivity contribution in [1.82, 2.24) is 4.90 Å². The highest BCUT2D eigenvalue weighted by molar-refractivity contribution is 5.69. The zero-order valence-corrected chi connectivity index (χ0v) is 10.1. The molecule has 0 aromatic heterocycles. The van der Waals surface area contributed by atoms with Gasteiger partial charge in [0.25, 0.3) is 0 Å². The van der Waals surface area contributed by atoms with E-state index >= 15 is 0 Å². The monoisotopic (exact) mass is 214 g/mol. The van der Waals surface area contributed by atoms with Crippen molar-refractivity contribution in [2.75, 3.05) is 6.54 Å². The lowest BCUT2D eigenvalue weighted by Crippen LogP contribution is -2.59. The molecule has 0 radical (unpaired) electrons. The normalized spacial score (nSPS) is 23.3. The van der Waals surface area contributed by atoms with Crippen LogP contribution in [-0.4, -0.2) is 35.2 Å². The maximum atomic E-state index is 11.7.